The molecule has 0 aliphatic heterocycles. The minimum Gasteiger partial charge on any atom is -0.494 e. The van der Waals surface area contributed by atoms with E-state index in [0.29, 0.717) is 41.5 Å². The number of benzene rings is 2. The maximum absolute atomic E-state index is 12.3. The number of hydrogen-bond acceptors (Lipinski definition) is 4. The summed E-state index contributed by atoms with van der Waals surface area (Å²) in [6, 6.07) is 13.3. The monoisotopic (exact) mass is 425 g/mol. The van der Waals surface area contributed by atoms with Gasteiger partial charge in [-0.2, -0.15) is 0 Å². The SMILES string of the molecule is CCCCC(=O)Nc1ccc(C(=O)NNC(=O)c2cccc(OCCC(C)C)c2)cc1. The van der Waals surface area contributed by atoms with Gasteiger partial charge >= 0.3 is 0 Å². The van der Waals surface area contributed by atoms with Gasteiger partial charge in [-0.05, 0) is 61.2 Å². The highest BCUT2D eigenvalue weighted by Gasteiger charge is 2.11. The van der Waals surface area contributed by atoms with Gasteiger partial charge in [0.2, 0.25) is 5.91 Å². The minimum absolute atomic E-state index is 0.0540. The van der Waals surface area contributed by atoms with Crippen molar-refractivity contribution in [1.82, 2.24) is 10.9 Å². The van der Waals surface area contributed by atoms with Crippen molar-refractivity contribution >= 4 is 23.4 Å². The summed E-state index contributed by atoms with van der Waals surface area (Å²) < 4.78 is 5.67. The third-order valence-electron chi connectivity index (χ3n) is 4.54. The average molecular weight is 426 g/mol. The maximum Gasteiger partial charge on any atom is 0.269 e. The van der Waals surface area contributed by atoms with Crippen molar-refractivity contribution in [3.63, 3.8) is 0 Å². The molecular weight excluding hydrogens is 394 g/mol. The predicted molar refractivity (Wildman–Crippen MR) is 121 cm³/mol. The highest BCUT2D eigenvalue weighted by molar-refractivity contribution is 5.99. The zero-order valence-electron chi connectivity index (χ0n) is 18.4. The summed E-state index contributed by atoms with van der Waals surface area (Å²) in [4.78, 5) is 36.4. The third-order valence-corrected chi connectivity index (χ3v) is 4.54. The number of ether oxygens (including phenoxy) is 1. The van der Waals surface area contributed by atoms with E-state index in [0.717, 1.165) is 19.3 Å². The molecule has 0 atom stereocenters. The fourth-order valence-electron chi connectivity index (χ4n) is 2.66. The van der Waals surface area contributed by atoms with E-state index >= 15 is 0 Å². The molecule has 3 amide bonds. The summed E-state index contributed by atoms with van der Waals surface area (Å²) >= 11 is 0. The van der Waals surface area contributed by atoms with Gasteiger partial charge in [0, 0.05) is 23.2 Å². The number of amides is 3. The van der Waals surface area contributed by atoms with Crippen LogP contribution in [0.5, 0.6) is 5.75 Å². The van der Waals surface area contributed by atoms with E-state index in [9.17, 15) is 14.4 Å². The van der Waals surface area contributed by atoms with Crippen LogP contribution in [0.1, 0.15) is 67.2 Å². The fourth-order valence-corrected chi connectivity index (χ4v) is 2.66. The number of carbonyl (C=O) groups is 3. The van der Waals surface area contributed by atoms with Crippen molar-refractivity contribution in [3.8, 4) is 5.75 Å². The Morgan fingerprint density at radius 1 is 0.935 bits per heavy atom. The van der Waals surface area contributed by atoms with Gasteiger partial charge in [-0.15, -0.1) is 0 Å². The first-order valence-corrected chi connectivity index (χ1v) is 10.6. The van der Waals surface area contributed by atoms with Gasteiger partial charge < -0.3 is 10.1 Å². The molecule has 0 saturated carbocycles. The number of anilines is 1. The highest BCUT2D eigenvalue weighted by atomic mass is 16.5. The maximum atomic E-state index is 12.3. The molecule has 0 aromatic heterocycles. The van der Waals surface area contributed by atoms with Crippen LogP contribution in [-0.2, 0) is 4.79 Å². The smallest absolute Gasteiger partial charge is 0.269 e. The van der Waals surface area contributed by atoms with Crippen LogP contribution in [0, 0.1) is 5.92 Å². The van der Waals surface area contributed by atoms with E-state index in [-0.39, 0.29) is 5.91 Å². The number of carbonyl (C=O) groups excluding carboxylic acids is 3. The van der Waals surface area contributed by atoms with Gasteiger partial charge in [0.05, 0.1) is 6.61 Å². The topological polar surface area (TPSA) is 96.5 Å². The summed E-state index contributed by atoms with van der Waals surface area (Å²) in [5.74, 6) is 0.190. The Labute approximate surface area is 183 Å². The van der Waals surface area contributed by atoms with E-state index in [1.807, 2.05) is 6.92 Å². The van der Waals surface area contributed by atoms with E-state index in [1.165, 1.54) is 0 Å². The Bertz CT molecular complexity index is 879. The van der Waals surface area contributed by atoms with Crippen LogP contribution in [0.25, 0.3) is 0 Å². The molecule has 0 radical (unpaired) electrons. The van der Waals surface area contributed by atoms with Crippen molar-refractivity contribution in [2.75, 3.05) is 11.9 Å². The fraction of sp³-hybridized carbons (Fsp3) is 0.375. The predicted octanol–water partition coefficient (Wildman–Crippen LogP) is 4.32. The summed E-state index contributed by atoms with van der Waals surface area (Å²) in [5.41, 5.74) is 6.16. The summed E-state index contributed by atoms with van der Waals surface area (Å²) in [6.07, 6.45) is 3.18. The Balaban J connectivity index is 1.85. The molecule has 166 valence electrons. The van der Waals surface area contributed by atoms with Crippen molar-refractivity contribution < 1.29 is 19.1 Å². The molecule has 0 bridgehead atoms. The average Bonchev–Trinajstić information content (AvgIpc) is 2.76. The molecule has 7 heteroatoms. The molecule has 2 aromatic carbocycles. The third kappa shape index (κ3) is 8.50. The van der Waals surface area contributed by atoms with Crippen LogP contribution in [0.3, 0.4) is 0 Å². The van der Waals surface area contributed by atoms with Crippen molar-refractivity contribution in [3.05, 3.63) is 59.7 Å². The van der Waals surface area contributed by atoms with E-state index in [1.54, 1.807) is 48.5 Å². The summed E-state index contributed by atoms with van der Waals surface area (Å²) in [5, 5.41) is 2.79. The molecule has 3 N–H and O–H groups in total. The Hall–Kier alpha value is -3.35. The zero-order chi connectivity index (χ0) is 22.6. The molecule has 2 rings (SSSR count). The van der Waals surface area contributed by atoms with Crippen LogP contribution >= 0.6 is 0 Å². The Kier molecular flexibility index (Phi) is 9.55. The standard InChI is InChI=1S/C24H31N3O4/c1-4-5-9-22(28)25-20-12-10-18(11-13-20)23(29)26-27-24(30)19-7-6-8-21(16-19)31-15-14-17(2)3/h6-8,10-13,16-17H,4-5,9,14-15H2,1-3H3,(H,25,28)(H,26,29)(H,27,30). The van der Waals surface area contributed by atoms with Gasteiger partial charge in [-0.3, -0.25) is 25.2 Å². The van der Waals surface area contributed by atoms with Gasteiger partial charge in [-0.1, -0.05) is 33.3 Å². The van der Waals surface area contributed by atoms with Crippen molar-refractivity contribution in [2.24, 2.45) is 5.92 Å². The molecule has 2 aromatic rings. The lowest BCUT2D eigenvalue weighted by Gasteiger charge is -2.11. The summed E-state index contributed by atoms with van der Waals surface area (Å²) in [6.45, 7) is 6.84. The number of nitrogens with one attached hydrogen (secondary N) is 3. The van der Waals surface area contributed by atoms with E-state index in [2.05, 4.69) is 30.0 Å². The molecule has 31 heavy (non-hydrogen) atoms. The van der Waals surface area contributed by atoms with Crippen LogP contribution in [0.15, 0.2) is 48.5 Å². The lowest BCUT2D eigenvalue weighted by atomic mass is 10.1. The Morgan fingerprint density at radius 2 is 1.61 bits per heavy atom. The Morgan fingerprint density at radius 3 is 2.26 bits per heavy atom. The first kappa shape index (κ1) is 23.9. The van der Waals surface area contributed by atoms with Crippen LogP contribution < -0.4 is 20.9 Å². The molecule has 0 fully saturated rings. The lowest BCUT2D eigenvalue weighted by molar-refractivity contribution is -0.116. The van der Waals surface area contributed by atoms with Crippen LogP contribution in [-0.4, -0.2) is 24.3 Å². The molecule has 0 unspecified atom stereocenters. The first-order chi connectivity index (χ1) is 14.9. The second-order valence-electron chi connectivity index (χ2n) is 7.70. The van der Waals surface area contributed by atoms with Gasteiger partial charge in [0.1, 0.15) is 5.75 Å². The summed E-state index contributed by atoms with van der Waals surface area (Å²) in [7, 11) is 0. The van der Waals surface area contributed by atoms with Crippen LogP contribution in [0.2, 0.25) is 0 Å². The van der Waals surface area contributed by atoms with Crippen LogP contribution in [0.4, 0.5) is 5.69 Å². The quantitative estimate of drug-likeness (QED) is 0.494. The normalized spacial score (nSPS) is 10.5. The van der Waals surface area contributed by atoms with Gasteiger partial charge in [0.25, 0.3) is 11.8 Å². The lowest BCUT2D eigenvalue weighted by Crippen LogP contribution is -2.41. The zero-order valence-corrected chi connectivity index (χ0v) is 18.4. The molecule has 0 spiro atoms. The first-order valence-electron chi connectivity index (χ1n) is 10.6. The number of unbranched alkanes of at least 4 members (excludes halogenated alkanes) is 1. The van der Waals surface area contributed by atoms with Gasteiger partial charge in [0.15, 0.2) is 0 Å². The van der Waals surface area contributed by atoms with Gasteiger partial charge in [-0.25, -0.2) is 0 Å². The number of hydrazine groups is 1. The van der Waals surface area contributed by atoms with E-state index < -0.39 is 11.8 Å². The molecule has 7 nitrogen and oxygen atoms in total. The second kappa shape index (κ2) is 12.4. The molecular formula is C24H31N3O4. The largest absolute Gasteiger partial charge is 0.494 e. The molecule has 0 aliphatic rings. The van der Waals surface area contributed by atoms with Crippen molar-refractivity contribution in [2.45, 2.75) is 46.5 Å². The molecule has 0 heterocycles. The van der Waals surface area contributed by atoms with Crippen molar-refractivity contribution in [1.29, 1.82) is 0 Å². The number of hydrogen-bond donors (Lipinski definition) is 3. The molecule has 0 aliphatic carbocycles. The second-order valence-corrected chi connectivity index (χ2v) is 7.70. The minimum atomic E-state index is -0.457. The highest BCUT2D eigenvalue weighted by Crippen LogP contribution is 2.14. The molecule has 0 saturated heterocycles. The van der Waals surface area contributed by atoms with E-state index in [4.69, 9.17) is 4.74 Å². The number of rotatable bonds is 10.